The van der Waals surface area contributed by atoms with Gasteiger partial charge in [-0.2, -0.15) is 9.61 Å². The Hall–Kier alpha value is -3.74. The molecule has 7 heteroatoms. The predicted octanol–water partition coefficient (Wildman–Crippen LogP) is 4.69. The highest BCUT2D eigenvalue weighted by atomic mass is 19.1. The molecule has 0 unspecified atom stereocenters. The number of nitrogens with one attached hydrogen (secondary N) is 1. The average Bonchev–Trinajstić information content (AvgIpc) is 3.27. The van der Waals surface area contributed by atoms with Gasteiger partial charge in [-0.3, -0.25) is 4.79 Å². The van der Waals surface area contributed by atoms with Gasteiger partial charge in [0.25, 0.3) is 0 Å². The molecule has 5 rings (SSSR count). The largest absolute Gasteiger partial charge is 0.356 e. The van der Waals surface area contributed by atoms with Crippen LogP contribution in [0, 0.1) is 25.6 Å². The van der Waals surface area contributed by atoms with E-state index in [0.29, 0.717) is 6.54 Å². The highest BCUT2D eigenvalue weighted by Crippen LogP contribution is 2.27. The van der Waals surface area contributed by atoms with Gasteiger partial charge in [0, 0.05) is 48.9 Å². The Morgan fingerprint density at radius 2 is 1.79 bits per heavy atom. The maximum Gasteiger partial charge on any atom is 0.223 e. The van der Waals surface area contributed by atoms with Gasteiger partial charge in [-0.1, -0.05) is 24.3 Å². The van der Waals surface area contributed by atoms with E-state index < -0.39 is 0 Å². The molecule has 1 N–H and O–H groups in total. The van der Waals surface area contributed by atoms with Crippen LogP contribution in [0.25, 0.3) is 16.9 Å². The average molecular weight is 458 g/mol. The summed E-state index contributed by atoms with van der Waals surface area (Å²) in [6.45, 7) is 6.14. The van der Waals surface area contributed by atoms with Crippen LogP contribution in [0.2, 0.25) is 0 Å². The maximum absolute atomic E-state index is 13.3. The minimum absolute atomic E-state index is 0.00564. The molecule has 3 heterocycles. The van der Waals surface area contributed by atoms with Crippen LogP contribution < -0.4 is 10.2 Å². The number of halogens is 1. The first kappa shape index (κ1) is 22.1. The van der Waals surface area contributed by atoms with Crippen LogP contribution in [-0.4, -0.2) is 33.6 Å². The molecule has 0 radical (unpaired) electrons. The van der Waals surface area contributed by atoms with Gasteiger partial charge in [0.05, 0.1) is 5.69 Å². The topological polar surface area (TPSA) is 62.5 Å². The summed E-state index contributed by atoms with van der Waals surface area (Å²) in [6.07, 6.45) is 1.57. The minimum Gasteiger partial charge on any atom is -0.356 e. The Labute approximate surface area is 198 Å². The third kappa shape index (κ3) is 4.51. The van der Waals surface area contributed by atoms with Crippen LogP contribution in [0.4, 0.5) is 10.2 Å². The number of nitrogens with zero attached hydrogens (tertiary/aromatic N) is 4. The van der Waals surface area contributed by atoms with Gasteiger partial charge in [0.15, 0.2) is 5.65 Å². The second-order valence-corrected chi connectivity index (χ2v) is 8.97. The number of aromatic nitrogens is 3. The van der Waals surface area contributed by atoms with Crippen LogP contribution >= 0.6 is 0 Å². The van der Waals surface area contributed by atoms with E-state index >= 15 is 0 Å². The van der Waals surface area contributed by atoms with Crippen molar-refractivity contribution in [1.29, 1.82) is 0 Å². The zero-order chi connectivity index (χ0) is 23.7. The molecule has 0 aliphatic carbocycles. The molecule has 6 nitrogen and oxygen atoms in total. The van der Waals surface area contributed by atoms with Crippen molar-refractivity contribution in [3.63, 3.8) is 0 Å². The van der Waals surface area contributed by atoms with Crippen molar-refractivity contribution in [2.24, 2.45) is 5.92 Å². The molecule has 174 valence electrons. The van der Waals surface area contributed by atoms with E-state index in [1.165, 1.54) is 17.7 Å². The van der Waals surface area contributed by atoms with E-state index in [2.05, 4.69) is 34.3 Å². The van der Waals surface area contributed by atoms with Crippen LogP contribution in [0.15, 0.2) is 60.7 Å². The minimum atomic E-state index is -0.270. The number of carbonyl (C=O) groups excluding carboxylic acids is 1. The van der Waals surface area contributed by atoms with E-state index in [9.17, 15) is 9.18 Å². The first-order chi connectivity index (χ1) is 16.5. The number of carbonyl (C=O) groups is 1. The predicted molar refractivity (Wildman–Crippen MR) is 131 cm³/mol. The lowest BCUT2D eigenvalue weighted by molar-refractivity contribution is -0.125. The molecule has 34 heavy (non-hydrogen) atoms. The van der Waals surface area contributed by atoms with Crippen LogP contribution in [0.1, 0.15) is 29.7 Å². The standard InChI is InChI=1S/C27H28FN5O/c1-18-5-3-4-6-22(18)17-29-27(34)21-11-13-32(14-12-21)26-15-19(2)30-25-16-24(31-33(25)26)20-7-9-23(28)10-8-20/h3-10,15-16,21H,11-14,17H2,1-2H3,(H,29,34). The smallest absolute Gasteiger partial charge is 0.223 e. The van der Waals surface area contributed by atoms with E-state index in [1.54, 1.807) is 12.1 Å². The third-order valence-electron chi connectivity index (χ3n) is 6.58. The molecule has 0 atom stereocenters. The number of amides is 1. The third-order valence-corrected chi connectivity index (χ3v) is 6.58. The summed E-state index contributed by atoms with van der Waals surface area (Å²) in [5, 5.41) is 7.88. The van der Waals surface area contributed by atoms with Crippen LogP contribution in [0.5, 0.6) is 0 Å². The molecular formula is C27H28FN5O. The van der Waals surface area contributed by atoms with Gasteiger partial charge >= 0.3 is 0 Å². The first-order valence-corrected chi connectivity index (χ1v) is 11.7. The molecule has 1 fully saturated rings. The Morgan fingerprint density at radius 3 is 2.53 bits per heavy atom. The number of hydrogen-bond acceptors (Lipinski definition) is 4. The molecule has 0 saturated carbocycles. The lowest BCUT2D eigenvalue weighted by Gasteiger charge is -2.33. The number of rotatable bonds is 5. The van der Waals surface area contributed by atoms with Gasteiger partial charge in [-0.05, 0) is 62.1 Å². The summed E-state index contributed by atoms with van der Waals surface area (Å²) >= 11 is 0. The highest BCUT2D eigenvalue weighted by Gasteiger charge is 2.26. The van der Waals surface area contributed by atoms with E-state index in [4.69, 9.17) is 5.10 Å². The molecule has 1 aliphatic rings. The number of anilines is 1. The van der Waals surface area contributed by atoms with Crippen molar-refractivity contribution in [3.05, 3.63) is 83.3 Å². The molecule has 4 aromatic rings. The lowest BCUT2D eigenvalue weighted by Crippen LogP contribution is -2.41. The fourth-order valence-corrected chi connectivity index (χ4v) is 4.57. The Balaban J connectivity index is 1.29. The van der Waals surface area contributed by atoms with E-state index in [-0.39, 0.29) is 17.6 Å². The van der Waals surface area contributed by atoms with Crippen molar-refractivity contribution in [1.82, 2.24) is 19.9 Å². The van der Waals surface area contributed by atoms with Gasteiger partial charge in [0.2, 0.25) is 5.91 Å². The Bertz CT molecular complexity index is 1320. The van der Waals surface area contributed by atoms with E-state index in [1.807, 2.05) is 35.7 Å². The summed E-state index contributed by atoms with van der Waals surface area (Å²) in [5.41, 5.74) is 5.61. The molecule has 1 saturated heterocycles. The van der Waals surface area contributed by atoms with Crippen molar-refractivity contribution in [2.75, 3.05) is 18.0 Å². The molecule has 0 bridgehead atoms. The molecular weight excluding hydrogens is 429 g/mol. The van der Waals surface area contributed by atoms with Gasteiger partial charge in [-0.15, -0.1) is 0 Å². The number of piperidine rings is 1. The van der Waals surface area contributed by atoms with Crippen LogP contribution in [-0.2, 0) is 11.3 Å². The van der Waals surface area contributed by atoms with Gasteiger partial charge < -0.3 is 10.2 Å². The van der Waals surface area contributed by atoms with Gasteiger partial charge in [-0.25, -0.2) is 9.37 Å². The number of hydrogen-bond donors (Lipinski definition) is 1. The number of benzene rings is 2. The Morgan fingerprint density at radius 1 is 1.06 bits per heavy atom. The van der Waals surface area contributed by atoms with Crippen molar-refractivity contribution >= 4 is 17.4 Å². The summed E-state index contributed by atoms with van der Waals surface area (Å²) in [5.74, 6) is 0.824. The number of aryl methyl sites for hydroxylation is 2. The van der Waals surface area contributed by atoms with Crippen LogP contribution in [0.3, 0.4) is 0 Å². The van der Waals surface area contributed by atoms with Gasteiger partial charge in [0.1, 0.15) is 11.6 Å². The monoisotopic (exact) mass is 457 g/mol. The fourth-order valence-electron chi connectivity index (χ4n) is 4.57. The second-order valence-electron chi connectivity index (χ2n) is 8.97. The SMILES string of the molecule is Cc1cc(N2CCC(C(=O)NCc3ccccc3C)CC2)n2nc(-c3ccc(F)cc3)cc2n1. The van der Waals surface area contributed by atoms with Crippen molar-refractivity contribution in [2.45, 2.75) is 33.2 Å². The van der Waals surface area contributed by atoms with Crippen molar-refractivity contribution in [3.8, 4) is 11.3 Å². The molecule has 2 aromatic carbocycles. The number of fused-ring (bicyclic) bond motifs is 1. The molecule has 2 aromatic heterocycles. The molecule has 1 amide bonds. The Kier molecular flexibility index (Phi) is 6.01. The fraction of sp³-hybridized carbons (Fsp3) is 0.296. The normalized spacial score (nSPS) is 14.5. The maximum atomic E-state index is 13.3. The zero-order valence-electron chi connectivity index (χ0n) is 19.5. The van der Waals surface area contributed by atoms with Crippen molar-refractivity contribution < 1.29 is 9.18 Å². The van der Waals surface area contributed by atoms with E-state index in [0.717, 1.165) is 59.9 Å². The zero-order valence-corrected chi connectivity index (χ0v) is 19.5. The molecule has 1 aliphatic heterocycles. The summed E-state index contributed by atoms with van der Waals surface area (Å²) in [4.78, 5) is 19.7. The quantitative estimate of drug-likeness (QED) is 0.473. The summed E-state index contributed by atoms with van der Waals surface area (Å²) in [7, 11) is 0. The summed E-state index contributed by atoms with van der Waals surface area (Å²) < 4.78 is 15.2. The lowest BCUT2D eigenvalue weighted by atomic mass is 9.95. The summed E-state index contributed by atoms with van der Waals surface area (Å²) in [6, 6.07) is 18.4. The molecule has 0 spiro atoms. The first-order valence-electron chi connectivity index (χ1n) is 11.7. The highest BCUT2D eigenvalue weighted by molar-refractivity contribution is 5.79. The second kappa shape index (κ2) is 9.25.